The molecular weight excluding hydrogens is 253 g/mol. The van der Waals surface area contributed by atoms with Gasteiger partial charge < -0.3 is 9.36 Å². The smallest absolute Gasteiger partial charge is 0.276 e. The summed E-state index contributed by atoms with van der Waals surface area (Å²) in [5, 5.41) is 10.9. The number of aromatic nitrogens is 2. The molecule has 0 amide bonds. The van der Waals surface area contributed by atoms with Gasteiger partial charge in [-0.25, -0.2) is 9.37 Å². The van der Waals surface area contributed by atoms with Gasteiger partial charge in [-0.2, -0.15) is 0 Å². The highest BCUT2D eigenvalue weighted by Gasteiger charge is 2.22. The van der Waals surface area contributed by atoms with Gasteiger partial charge in [0.1, 0.15) is 12.1 Å². The average molecular weight is 263 g/mol. The first-order valence-corrected chi connectivity index (χ1v) is 5.46. The van der Waals surface area contributed by atoms with Crippen LogP contribution in [0.25, 0.3) is 0 Å². The molecule has 19 heavy (non-hydrogen) atoms. The number of carbonyl (C=O) groups is 1. The predicted octanol–water partition coefficient (Wildman–Crippen LogP) is 1.91. The van der Waals surface area contributed by atoms with Gasteiger partial charge in [0.25, 0.3) is 5.69 Å². The molecule has 0 aliphatic rings. The molecule has 1 aromatic carbocycles. The van der Waals surface area contributed by atoms with Crippen molar-refractivity contribution in [3.63, 3.8) is 0 Å². The van der Waals surface area contributed by atoms with E-state index in [1.165, 1.54) is 12.4 Å². The van der Waals surface area contributed by atoms with Crippen molar-refractivity contribution in [2.24, 2.45) is 0 Å². The van der Waals surface area contributed by atoms with Gasteiger partial charge in [0.05, 0.1) is 23.2 Å². The Morgan fingerprint density at radius 3 is 2.89 bits per heavy atom. The van der Waals surface area contributed by atoms with Gasteiger partial charge in [-0.05, 0) is 12.1 Å². The quantitative estimate of drug-likeness (QED) is 0.469. The number of hydrogen-bond donors (Lipinski definition) is 0. The molecule has 1 aromatic heterocycles. The maximum absolute atomic E-state index is 13.0. The molecule has 0 spiro atoms. The average Bonchev–Trinajstić information content (AvgIpc) is 2.89. The van der Waals surface area contributed by atoms with E-state index in [0.717, 1.165) is 12.1 Å². The lowest BCUT2D eigenvalue weighted by Crippen LogP contribution is -2.11. The lowest BCUT2D eigenvalue weighted by molar-refractivity contribution is -0.385. The van der Waals surface area contributed by atoms with Crippen LogP contribution in [0.5, 0.6) is 0 Å². The summed E-state index contributed by atoms with van der Waals surface area (Å²) in [5.41, 5.74) is -0.202. The van der Waals surface area contributed by atoms with Crippen molar-refractivity contribution in [2.45, 2.75) is 12.5 Å². The van der Waals surface area contributed by atoms with Gasteiger partial charge in [-0.3, -0.25) is 10.1 Å². The molecule has 0 N–H and O–H groups in total. The Morgan fingerprint density at radius 1 is 1.53 bits per heavy atom. The van der Waals surface area contributed by atoms with Crippen LogP contribution in [-0.4, -0.2) is 20.8 Å². The van der Waals surface area contributed by atoms with E-state index in [2.05, 4.69) is 4.98 Å². The monoisotopic (exact) mass is 263 g/mol. The summed E-state index contributed by atoms with van der Waals surface area (Å²) in [5.74, 6) is -1.43. The number of nitro groups is 1. The van der Waals surface area contributed by atoms with Crippen LogP contribution in [0.1, 0.15) is 11.5 Å². The Hall–Kier alpha value is -2.57. The summed E-state index contributed by atoms with van der Waals surface area (Å²) in [6.07, 6.45) is 5.30. The van der Waals surface area contributed by atoms with Gasteiger partial charge in [0.15, 0.2) is 0 Å². The Bertz CT molecular complexity index is 598. The molecule has 0 fully saturated rings. The number of nitro benzene ring substituents is 1. The van der Waals surface area contributed by atoms with Gasteiger partial charge in [-0.1, -0.05) is 0 Å². The Kier molecular flexibility index (Phi) is 3.65. The molecule has 1 heterocycles. The van der Waals surface area contributed by atoms with E-state index in [-0.39, 0.29) is 12.1 Å². The maximum atomic E-state index is 13.0. The van der Waals surface area contributed by atoms with E-state index >= 15 is 0 Å². The van der Waals surface area contributed by atoms with Gasteiger partial charge in [0.2, 0.25) is 0 Å². The van der Waals surface area contributed by atoms with Crippen LogP contribution >= 0.6 is 0 Å². The number of benzene rings is 1. The molecule has 1 atom stereocenters. The van der Waals surface area contributed by atoms with E-state index < -0.39 is 22.3 Å². The third-order valence-corrected chi connectivity index (χ3v) is 2.72. The van der Waals surface area contributed by atoms with Crippen LogP contribution in [-0.2, 0) is 11.3 Å². The van der Waals surface area contributed by atoms with Crippen LogP contribution in [0.4, 0.5) is 10.1 Å². The fourth-order valence-electron chi connectivity index (χ4n) is 1.83. The van der Waals surface area contributed by atoms with Crippen molar-refractivity contribution in [1.82, 2.24) is 9.55 Å². The second-order valence-corrected chi connectivity index (χ2v) is 3.96. The van der Waals surface area contributed by atoms with Crippen molar-refractivity contribution in [1.29, 1.82) is 0 Å². The third-order valence-electron chi connectivity index (χ3n) is 2.72. The fourth-order valence-corrected chi connectivity index (χ4v) is 1.83. The summed E-state index contributed by atoms with van der Waals surface area (Å²) < 4.78 is 14.7. The maximum Gasteiger partial charge on any atom is 0.276 e. The minimum absolute atomic E-state index is 0.190. The lowest BCUT2D eigenvalue weighted by atomic mass is 9.98. The van der Waals surface area contributed by atoms with Gasteiger partial charge >= 0.3 is 0 Å². The number of imidazole rings is 1. The molecule has 0 saturated heterocycles. The van der Waals surface area contributed by atoms with Crippen LogP contribution in [0, 0.1) is 15.9 Å². The molecule has 0 saturated carbocycles. The lowest BCUT2D eigenvalue weighted by Gasteiger charge is -2.11. The largest absolute Gasteiger partial charge is 0.336 e. The number of halogens is 1. The standard InChI is InChI=1S/C12H10FN3O3/c13-10-1-2-11(12(5-10)16(18)19)9(7-17)6-15-4-3-14-8-15/h1-5,7-9H,6H2. The molecular formula is C12H10FN3O3. The highest BCUT2D eigenvalue weighted by Crippen LogP contribution is 2.27. The molecule has 0 radical (unpaired) electrons. The Labute approximate surface area is 107 Å². The van der Waals surface area contributed by atoms with Crippen LogP contribution in [0.3, 0.4) is 0 Å². The molecule has 7 heteroatoms. The second kappa shape index (κ2) is 5.38. The summed E-state index contributed by atoms with van der Waals surface area (Å²) in [7, 11) is 0. The molecule has 98 valence electrons. The number of aldehydes is 1. The second-order valence-electron chi connectivity index (χ2n) is 3.96. The third kappa shape index (κ3) is 2.82. The van der Waals surface area contributed by atoms with Crippen LogP contribution in [0.2, 0.25) is 0 Å². The van der Waals surface area contributed by atoms with E-state index in [1.54, 1.807) is 17.0 Å². The van der Waals surface area contributed by atoms with Crippen molar-refractivity contribution in [2.75, 3.05) is 0 Å². The van der Waals surface area contributed by atoms with Crippen molar-refractivity contribution < 1.29 is 14.1 Å². The highest BCUT2D eigenvalue weighted by atomic mass is 19.1. The number of hydrogen-bond acceptors (Lipinski definition) is 4. The van der Waals surface area contributed by atoms with E-state index in [4.69, 9.17) is 0 Å². The first kappa shape index (κ1) is 12.9. The van der Waals surface area contributed by atoms with Gasteiger partial charge in [0, 0.05) is 24.5 Å². The normalized spacial score (nSPS) is 12.1. The molecule has 2 rings (SSSR count). The van der Waals surface area contributed by atoms with E-state index in [0.29, 0.717) is 6.29 Å². The highest BCUT2D eigenvalue weighted by molar-refractivity contribution is 5.65. The summed E-state index contributed by atoms with van der Waals surface area (Å²) in [4.78, 5) is 25.2. The first-order valence-electron chi connectivity index (χ1n) is 5.46. The summed E-state index contributed by atoms with van der Waals surface area (Å²) in [6, 6.07) is 3.19. The molecule has 1 unspecified atom stereocenters. The number of rotatable bonds is 5. The number of nitrogens with zero attached hydrogens (tertiary/aromatic N) is 3. The number of carbonyl (C=O) groups excluding carboxylic acids is 1. The SMILES string of the molecule is O=CC(Cn1ccnc1)c1ccc(F)cc1[N+](=O)[O-]. The summed E-state index contributed by atoms with van der Waals surface area (Å²) >= 11 is 0. The predicted molar refractivity (Wildman–Crippen MR) is 64.1 cm³/mol. The molecule has 6 nitrogen and oxygen atoms in total. The summed E-state index contributed by atoms with van der Waals surface area (Å²) in [6.45, 7) is 0.218. The fraction of sp³-hybridized carbons (Fsp3) is 0.167. The zero-order valence-electron chi connectivity index (χ0n) is 9.77. The van der Waals surface area contributed by atoms with Crippen molar-refractivity contribution in [3.8, 4) is 0 Å². The zero-order chi connectivity index (χ0) is 13.8. The van der Waals surface area contributed by atoms with E-state index in [1.807, 2.05) is 0 Å². The van der Waals surface area contributed by atoms with Crippen LogP contribution in [0.15, 0.2) is 36.9 Å². The Balaban J connectivity index is 2.37. The zero-order valence-corrected chi connectivity index (χ0v) is 9.77. The minimum Gasteiger partial charge on any atom is -0.336 e. The topological polar surface area (TPSA) is 78.0 Å². The minimum atomic E-state index is -0.727. The Morgan fingerprint density at radius 2 is 2.32 bits per heavy atom. The first-order chi connectivity index (χ1) is 9.11. The van der Waals surface area contributed by atoms with Crippen molar-refractivity contribution in [3.05, 3.63) is 58.4 Å². The van der Waals surface area contributed by atoms with Crippen molar-refractivity contribution >= 4 is 12.0 Å². The van der Waals surface area contributed by atoms with Crippen LogP contribution < -0.4 is 0 Å². The molecule has 0 bridgehead atoms. The molecule has 0 aliphatic heterocycles. The molecule has 0 aliphatic carbocycles. The van der Waals surface area contributed by atoms with E-state index in [9.17, 15) is 19.3 Å². The molecule has 2 aromatic rings. The van der Waals surface area contributed by atoms with Gasteiger partial charge in [-0.15, -0.1) is 0 Å².